The molecular weight excluding hydrogens is 352 g/mol. The molecule has 0 amide bonds. The Morgan fingerprint density at radius 2 is 1.96 bits per heavy atom. The Balaban J connectivity index is 1.56. The molecule has 0 spiro atoms. The van der Waals surface area contributed by atoms with Crippen LogP contribution in [-0.2, 0) is 4.84 Å². The smallest absolute Gasteiger partial charge is 0.129 e. The zero-order valence-electron chi connectivity index (χ0n) is 17.6. The lowest BCUT2D eigenvalue weighted by molar-refractivity contribution is -0.195. The van der Waals surface area contributed by atoms with Crippen molar-refractivity contribution < 1.29 is 15.1 Å². The second-order valence-electron chi connectivity index (χ2n) is 10.3. The molecule has 0 bridgehead atoms. The van der Waals surface area contributed by atoms with Gasteiger partial charge in [0.05, 0.1) is 17.9 Å². The van der Waals surface area contributed by atoms with E-state index in [4.69, 9.17) is 10.6 Å². The molecular formula is C23H38N2O3. The average molecular weight is 391 g/mol. The quantitative estimate of drug-likeness (QED) is 0.390. The summed E-state index contributed by atoms with van der Waals surface area (Å²) in [5.41, 5.74) is 6.25. The van der Waals surface area contributed by atoms with Crippen LogP contribution in [0.5, 0.6) is 0 Å². The lowest BCUT2D eigenvalue weighted by atomic mass is 9.43. The van der Waals surface area contributed by atoms with Crippen LogP contribution in [0, 0.1) is 28.6 Å². The first kappa shape index (κ1) is 20.4. The standard InChI is InChI=1S/C23H38N2O3/c1-21-9-6-18(26)15-17(21)3-4-20-19(21)7-10-22(2)16(5-11-23(20,22)27)8-13-25-28-14-12-24/h8,13,17-20,26-27H,3-7,9-12,14-15,24H2,1-2H3/b16-8+,25-13+/t17-,18+,19+,20-,21+,22-,23+/m1/s1. The van der Waals surface area contributed by atoms with Crippen LogP contribution in [0.25, 0.3) is 0 Å². The van der Waals surface area contributed by atoms with Crippen LogP contribution in [0.2, 0.25) is 0 Å². The molecule has 4 aliphatic rings. The topological polar surface area (TPSA) is 88.1 Å². The van der Waals surface area contributed by atoms with Crippen molar-refractivity contribution in [3.63, 3.8) is 0 Å². The summed E-state index contributed by atoms with van der Waals surface area (Å²) in [6.07, 6.45) is 13.0. The highest BCUT2D eigenvalue weighted by Crippen LogP contribution is 2.68. The van der Waals surface area contributed by atoms with Crippen molar-refractivity contribution in [2.75, 3.05) is 13.2 Å². The molecule has 158 valence electrons. The van der Waals surface area contributed by atoms with Gasteiger partial charge in [0.15, 0.2) is 0 Å². The normalized spacial score (nSPS) is 49.7. The van der Waals surface area contributed by atoms with Gasteiger partial charge in [-0.2, -0.15) is 0 Å². The third kappa shape index (κ3) is 2.96. The van der Waals surface area contributed by atoms with Gasteiger partial charge in [-0.1, -0.05) is 24.6 Å². The Morgan fingerprint density at radius 1 is 1.14 bits per heavy atom. The monoisotopic (exact) mass is 390 g/mol. The first-order valence-electron chi connectivity index (χ1n) is 11.3. The van der Waals surface area contributed by atoms with E-state index in [2.05, 4.69) is 25.1 Å². The zero-order chi connectivity index (χ0) is 20.0. The molecule has 0 heterocycles. The van der Waals surface area contributed by atoms with Gasteiger partial charge in [-0.05, 0) is 87.0 Å². The van der Waals surface area contributed by atoms with Gasteiger partial charge in [0.1, 0.15) is 6.61 Å². The highest BCUT2D eigenvalue weighted by atomic mass is 16.6. The molecule has 4 saturated carbocycles. The van der Waals surface area contributed by atoms with Crippen LogP contribution in [0.15, 0.2) is 16.8 Å². The SMILES string of the molecule is C[C@]12CC[C@H](O)C[C@H]1CC[C@@H]1[C@@H]2CC[C@]2(C)/C(=C/C=N/OCCN)CC[C@]12O. The maximum atomic E-state index is 12.1. The van der Waals surface area contributed by atoms with E-state index in [1.54, 1.807) is 6.21 Å². The fourth-order valence-corrected chi connectivity index (χ4v) is 7.58. The number of aliphatic hydroxyl groups is 2. The van der Waals surface area contributed by atoms with E-state index >= 15 is 0 Å². The summed E-state index contributed by atoms with van der Waals surface area (Å²) in [5.74, 6) is 1.57. The molecule has 0 aliphatic heterocycles. The minimum absolute atomic E-state index is 0.117. The van der Waals surface area contributed by atoms with Gasteiger partial charge >= 0.3 is 0 Å². The molecule has 0 unspecified atom stereocenters. The van der Waals surface area contributed by atoms with Gasteiger partial charge in [-0.25, -0.2) is 0 Å². The van der Waals surface area contributed by atoms with Crippen molar-refractivity contribution in [1.29, 1.82) is 0 Å². The Hall–Kier alpha value is -0.910. The Labute approximate surface area is 169 Å². The summed E-state index contributed by atoms with van der Waals surface area (Å²) >= 11 is 0. The minimum Gasteiger partial charge on any atom is -0.394 e. The molecule has 4 fully saturated rings. The number of fused-ring (bicyclic) bond motifs is 5. The van der Waals surface area contributed by atoms with Gasteiger partial charge in [0.2, 0.25) is 0 Å². The first-order valence-corrected chi connectivity index (χ1v) is 11.3. The van der Waals surface area contributed by atoms with Gasteiger partial charge in [-0.15, -0.1) is 0 Å². The number of rotatable bonds is 4. The Morgan fingerprint density at radius 3 is 2.75 bits per heavy atom. The average Bonchev–Trinajstić information content (AvgIpc) is 2.93. The van der Waals surface area contributed by atoms with Crippen molar-refractivity contribution in [2.45, 2.75) is 83.3 Å². The maximum absolute atomic E-state index is 12.1. The molecule has 4 rings (SSSR count). The fourth-order valence-electron chi connectivity index (χ4n) is 7.58. The summed E-state index contributed by atoms with van der Waals surface area (Å²) in [6.45, 7) is 5.62. The molecule has 5 heteroatoms. The molecule has 0 saturated heterocycles. The summed E-state index contributed by atoms with van der Waals surface area (Å²) in [4.78, 5) is 5.12. The predicted octanol–water partition coefficient (Wildman–Crippen LogP) is 3.39. The molecule has 0 aromatic rings. The van der Waals surface area contributed by atoms with Crippen LogP contribution >= 0.6 is 0 Å². The fraction of sp³-hybridized carbons (Fsp3) is 0.870. The molecule has 7 atom stereocenters. The van der Waals surface area contributed by atoms with E-state index < -0.39 is 5.60 Å². The van der Waals surface area contributed by atoms with E-state index in [0.717, 1.165) is 51.4 Å². The van der Waals surface area contributed by atoms with E-state index in [1.807, 2.05) is 0 Å². The van der Waals surface area contributed by atoms with Crippen LogP contribution in [0.3, 0.4) is 0 Å². The number of nitrogens with two attached hydrogens (primary N) is 1. The zero-order valence-corrected chi connectivity index (χ0v) is 17.6. The van der Waals surface area contributed by atoms with Crippen LogP contribution < -0.4 is 5.73 Å². The number of oxime groups is 1. The van der Waals surface area contributed by atoms with Crippen molar-refractivity contribution in [3.05, 3.63) is 11.6 Å². The molecule has 28 heavy (non-hydrogen) atoms. The lowest BCUT2D eigenvalue weighted by Crippen LogP contribution is -2.61. The van der Waals surface area contributed by atoms with Gasteiger partial charge < -0.3 is 20.8 Å². The summed E-state index contributed by atoms with van der Waals surface area (Å²) in [7, 11) is 0. The Bertz CT molecular complexity index is 650. The molecule has 0 radical (unpaired) electrons. The number of allylic oxidation sites excluding steroid dienone is 1. The van der Waals surface area contributed by atoms with Crippen molar-refractivity contribution >= 4 is 6.21 Å². The molecule has 4 aliphatic carbocycles. The number of aliphatic hydroxyl groups excluding tert-OH is 1. The molecule has 4 N–H and O–H groups in total. The first-order chi connectivity index (χ1) is 13.3. The summed E-state index contributed by atoms with van der Waals surface area (Å²) in [5, 5.41) is 26.2. The van der Waals surface area contributed by atoms with Crippen molar-refractivity contribution in [3.8, 4) is 0 Å². The number of hydrogen-bond donors (Lipinski definition) is 3. The molecule has 0 aromatic heterocycles. The minimum atomic E-state index is -0.613. The molecule has 5 nitrogen and oxygen atoms in total. The third-order valence-corrected chi connectivity index (χ3v) is 9.29. The van der Waals surface area contributed by atoms with Crippen LogP contribution in [-0.4, -0.2) is 41.3 Å². The Kier molecular flexibility index (Phi) is 5.39. The maximum Gasteiger partial charge on any atom is 0.129 e. The third-order valence-electron chi connectivity index (χ3n) is 9.29. The molecule has 0 aromatic carbocycles. The highest BCUT2D eigenvalue weighted by Gasteiger charge is 2.65. The van der Waals surface area contributed by atoms with E-state index in [-0.39, 0.29) is 16.9 Å². The van der Waals surface area contributed by atoms with E-state index in [9.17, 15) is 10.2 Å². The summed E-state index contributed by atoms with van der Waals surface area (Å²) < 4.78 is 0. The van der Waals surface area contributed by atoms with Crippen molar-refractivity contribution in [2.24, 2.45) is 39.5 Å². The van der Waals surface area contributed by atoms with Crippen LogP contribution in [0.1, 0.15) is 71.6 Å². The van der Waals surface area contributed by atoms with E-state index in [1.165, 1.54) is 12.0 Å². The number of nitrogens with zero attached hydrogens (tertiary/aromatic N) is 1. The second kappa shape index (κ2) is 7.41. The van der Waals surface area contributed by atoms with Gasteiger partial charge in [0, 0.05) is 12.0 Å². The van der Waals surface area contributed by atoms with E-state index in [0.29, 0.717) is 30.9 Å². The summed E-state index contributed by atoms with van der Waals surface area (Å²) in [6, 6.07) is 0. The van der Waals surface area contributed by atoms with Gasteiger partial charge in [0.25, 0.3) is 0 Å². The second-order valence-corrected chi connectivity index (χ2v) is 10.3. The van der Waals surface area contributed by atoms with Crippen molar-refractivity contribution in [1.82, 2.24) is 0 Å². The lowest BCUT2D eigenvalue weighted by Gasteiger charge is -2.63. The largest absolute Gasteiger partial charge is 0.394 e. The predicted molar refractivity (Wildman–Crippen MR) is 111 cm³/mol. The number of hydrogen-bond acceptors (Lipinski definition) is 5. The van der Waals surface area contributed by atoms with Gasteiger partial charge in [-0.3, -0.25) is 0 Å². The van der Waals surface area contributed by atoms with Crippen LogP contribution in [0.4, 0.5) is 0 Å². The highest BCUT2D eigenvalue weighted by molar-refractivity contribution is 5.72.